The minimum absolute atomic E-state index is 0.0218. The molecule has 0 saturated carbocycles. The van der Waals surface area contributed by atoms with Crippen LogP contribution in [0.15, 0.2) is 54.6 Å². The predicted molar refractivity (Wildman–Crippen MR) is 91.4 cm³/mol. The third kappa shape index (κ3) is 6.45. The van der Waals surface area contributed by atoms with Crippen LogP contribution in [-0.4, -0.2) is 38.4 Å². The summed E-state index contributed by atoms with van der Waals surface area (Å²) in [6.07, 6.45) is 1.24. The molecule has 0 aromatic heterocycles. The van der Waals surface area contributed by atoms with Crippen LogP contribution in [-0.2, 0) is 22.5 Å². The highest BCUT2D eigenvalue weighted by molar-refractivity contribution is 5.94. The van der Waals surface area contributed by atoms with Gasteiger partial charge in [-0.1, -0.05) is 42.5 Å². The number of hydrogen-bond acceptors (Lipinski definition) is 3. The van der Waals surface area contributed by atoms with Crippen LogP contribution in [0.5, 0.6) is 0 Å². The lowest BCUT2D eigenvalue weighted by Gasteiger charge is -2.17. The second kappa shape index (κ2) is 10.3. The maximum Gasteiger partial charge on any atom is 0.253 e. The Balaban J connectivity index is 0.000000816. The molecule has 0 aliphatic heterocycles. The Morgan fingerprint density at radius 1 is 1.00 bits per heavy atom. The van der Waals surface area contributed by atoms with Crippen molar-refractivity contribution >= 4 is 12.2 Å². The molecule has 0 spiro atoms. The van der Waals surface area contributed by atoms with Gasteiger partial charge in [0, 0.05) is 39.8 Å². The highest BCUT2D eigenvalue weighted by Gasteiger charge is 2.11. The molecule has 0 fully saturated rings. The van der Waals surface area contributed by atoms with E-state index in [0.717, 1.165) is 17.4 Å². The zero-order chi connectivity index (χ0) is 17.1. The van der Waals surface area contributed by atoms with E-state index in [1.807, 2.05) is 42.5 Å². The second-order valence-electron chi connectivity index (χ2n) is 5.12. The molecular formula is C19H23NO3. The molecule has 0 unspecified atom stereocenters. The van der Waals surface area contributed by atoms with Crippen molar-refractivity contribution in [2.45, 2.75) is 13.0 Å². The zero-order valence-electron chi connectivity index (χ0n) is 13.9. The van der Waals surface area contributed by atoms with E-state index >= 15 is 0 Å². The van der Waals surface area contributed by atoms with Gasteiger partial charge in [0.15, 0.2) is 0 Å². The largest absolute Gasteiger partial charge is 0.388 e. The zero-order valence-corrected chi connectivity index (χ0v) is 13.9. The van der Waals surface area contributed by atoms with Crippen molar-refractivity contribution in [2.75, 3.05) is 21.3 Å². The van der Waals surface area contributed by atoms with Crippen LogP contribution in [0.1, 0.15) is 21.5 Å². The van der Waals surface area contributed by atoms with E-state index in [1.165, 1.54) is 0 Å². The van der Waals surface area contributed by atoms with E-state index < -0.39 is 0 Å². The van der Waals surface area contributed by atoms with Crippen LogP contribution < -0.4 is 0 Å². The third-order valence-electron chi connectivity index (χ3n) is 3.13. The number of benzene rings is 2. The van der Waals surface area contributed by atoms with Crippen LogP contribution in [0.4, 0.5) is 0 Å². The standard InChI is InChI=1S/C17H17NO2.C2H6O/c1-18(13-15-5-3-2-4-6-15)17(20)16-9-7-14(8-10-16)11-12-19;1-3-2/h2-10,12H,11,13H2,1H3;1-2H3. The highest BCUT2D eigenvalue weighted by atomic mass is 16.4. The fraction of sp³-hybridized carbons (Fsp3) is 0.263. The number of hydrogen-bond donors (Lipinski definition) is 0. The Bertz CT molecular complexity index is 594. The van der Waals surface area contributed by atoms with Gasteiger partial charge in [-0.25, -0.2) is 0 Å². The number of methoxy groups -OCH3 is 1. The number of aldehydes is 1. The number of nitrogens with zero attached hydrogens (tertiary/aromatic N) is 1. The third-order valence-corrected chi connectivity index (χ3v) is 3.13. The second-order valence-corrected chi connectivity index (χ2v) is 5.12. The van der Waals surface area contributed by atoms with Crippen LogP contribution >= 0.6 is 0 Å². The van der Waals surface area contributed by atoms with Crippen LogP contribution in [0, 0.1) is 0 Å². The van der Waals surface area contributed by atoms with E-state index in [2.05, 4.69) is 4.74 Å². The topological polar surface area (TPSA) is 46.6 Å². The minimum atomic E-state index is -0.0218. The summed E-state index contributed by atoms with van der Waals surface area (Å²) in [6, 6.07) is 17.0. The normalized spacial score (nSPS) is 9.52. The molecule has 0 aliphatic rings. The monoisotopic (exact) mass is 313 g/mol. The number of rotatable bonds is 5. The molecule has 0 atom stereocenters. The Morgan fingerprint density at radius 2 is 1.57 bits per heavy atom. The van der Waals surface area contributed by atoms with Crippen LogP contribution in [0.25, 0.3) is 0 Å². The number of ether oxygens (including phenoxy) is 1. The molecule has 0 N–H and O–H groups in total. The van der Waals surface area contributed by atoms with Crippen LogP contribution in [0.3, 0.4) is 0 Å². The summed E-state index contributed by atoms with van der Waals surface area (Å²) in [6.45, 7) is 0.579. The quantitative estimate of drug-likeness (QED) is 0.797. The van der Waals surface area contributed by atoms with E-state index in [0.29, 0.717) is 18.5 Å². The van der Waals surface area contributed by atoms with Crippen molar-refractivity contribution in [2.24, 2.45) is 0 Å². The lowest BCUT2D eigenvalue weighted by molar-refractivity contribution is -0.107. The Labute approximate surface area is 137 Å². The first kappa shape index (κ1) is 18.6. The summed E-state index contributed by atoms with van der Waals surface area (Å²) in [5.74, 6) is -0.0218. The van der Waals surface area contributed by atoms with Crippen molar-refractivity contribution in [3.8, 4) is 0 Å². The van der Waals surface area contributed by atoms with Gasteiger partial charge in [0.1, 0.15) is 6.29 Å². The predicted octanol–water partition coefficient (Wildman–Crippen LogP) is 2.96. The summed E-state index contributed by atoms with van der Waals surface area (Å²) in [4.78, 5) is 24.4. The summed E-state index contributed by atoms with van der Waals surface area (Å²) < 4.78 is 4.25. The molecule has 0 radical (unpaired) electrons. The van der Waals surface area contributed by atoms with E-state index in [4.69, 9.17) is 0 Å². The van der Waals surface area contributed by atoms with Gasteiger partial charge in [-0.05, 0) is 23.3 Å². The maximum absolute atomic E-state index is 12.3. The molecular weight excluding hydrogens is 290 g/mol. The molecule has 23 heavy (non-hydrogen) atoms. The highest BCUT2D eigenvalue weighted by Crippen LogP contribution is 2.10. The molecule has 4 heteroatoms. The van der Waals surface area contributed by atoms with Gasteiger partial charge < -0.3 is 14.4 Å². The molecule has 0 saturated heterocycles. The Hall–Kier alpha value is -2.46. The first-order valence-corrected chi connectivity index (χ1v) is 7.34. The van der Waals surface area contributed by atoms with Gasteiger partial charge in [-0.3, -0.25) is 4.79 Å². The van der Waals surface area contributed by atoms with Crippen molar-refractivity contribution in [3.63, 3.8) is 0 Å². The molecule has 0 bridgehead atoms. The number of carbonyl (C=O) groups is 2. The first-order valence-electron chi connectivity index (χ1n) is 7.34. The summed E-state index contributed by atoms with van der Waals surface area (Å²) in [5.41, 5.74) is 2.65. The van der Waals surface area contributed by atoms with Gasteiger partial charge in [0.2, 0.25) is 0 Å². The van der Waals surface area contributed by atoms with Gasteiger partial charge in [0.25, 0.3) is 5.91 Å². The fourth-order valence-corrected chi connectivity index (χ4v) is 2.03. The van der Waals surface area contributed by atoms with Crippen molar-refractivity contribution < 1.29 is 14.3 Å². The Morgan fingerprint density at radius 3 is 2.09 bits per heavy atom. The van der Waals surface area contributed by atoms with Gasteiger partial charge >= 0.3 is 0 Å². The van der Waals surface area contributed by atoms with Gasteiger partial charge in [0.05, 0.1) is 0 Å². The number of carbonyl (C=O) groups excluding carboxylic acids is 2. The van der Waals surface area contributed by atoms with E-state index in [9.17, 15) is 9.59 Å². The summed E-state index contributed by atoms with van der Waals surface area (Å²) >= 11 is 0. The molecule has 2 aromatic rings. The lowest BCUT2D eigenvalue weighted by Crippen LogP contribution is -2.26. The lowest BCUT2D eigenvalue weighted by atomic mass is 10.1. The molecule has 1 amide bonds. The van der Waals surface area contributed by atoms with Crippen molar-refractivity contribution in [3.05, 3.63) is 71.3 Å². The maximum atomic E-state index is 12.3. The van der Waals surface area contributed by atoms with Crippen molar-refractivity contribution in [1.29, 1.82) is 0 Å². The van der Waals surface area contributed by atoms with E-state index in [-0.39, 0.29) is 5.91 Å². The van der Waals surface area contributed by atoms with Crippen molar-refractivity contribution in [1.82, 2.24) is 4.90 Å². The SMILES string of the molecule is CN(Cc1ccccc1)C(=O)c1ccc(CC=O)cc1.COC. The van der Waals surface area contributed by atoms with E-state index in [1.54, 1.807) is 38.3 Å². The molecule has 0 aliphatic carbocycles. The van der Waals surface area contributed by atoms with Gasteiger partial charge in [-0.15, -0.1) is 0 Å². The average Bonchev–Trinajstić information content (AvgIpc) is 2.57. The fourth-order valence-electron chi connectivity index (χ4n) is 2.03. The molecule has 122 valence electrons. The molecule has 0 heterocycles. The average molecular weight is 313 g/mol. The smallest absolute Gasteiger partial charge is 0.253 e. The Kier molecular flexibility index (Phi) is 8.32. The molecule has 2 rings (SSSR count). The first-order chi connectivity index (χ1) is 11.1. The minimum Gasteiger partial charge on any atom is -0.388 e. The number of amides is 1. The van der Waals surface area contributed by atoms with Crippen LogP contribution in [0.2, 0.25) is 0 Å². The summed E-state index contributed by atoms with van der Waals surface area (Å²) in [7, 11) is 5.04. The van der Waals surface area contributed by atoms with Gasteiger partial charge in [-0.2, -0.15) is 0 Å². The molecule has 2 aromatic carbocycles. The summed E-state index contributed by atoms with van der Waals surface area (Å²) in [5, 5.41) is 0. The molecule has 4 nitrogen and oxygen atoms in total.